The van der Waals surface area contributed by atoms with Crippen molar-refractivity contribution in [1.29, 1.82) is 0 Å². The number of halogens is 1. The van der Waals surface area contributed by atoms with Gasteiger partial charge in [-0.05, 0) is 57.7 Å². The van der Waals surface area contributed by atoms with Crippen molar-refractivity contribution in [2.45, 2.75) is 44.6 Å². The number of piperazine rings is 1. The Bertz CT molecular complexity index is 244. The summed E-state index contributed by atoms with van der Waals surface area (Å²) in [6.45, 7) is 9.14. The van der Waals surface area contributed by atoms with Crippen LogP contribution in [0.4, 0.5) is 0 Å². The zero-order valence-corrected chi connectivity index (χ0v) is 13.0. The predicted octanol–water partition coefficient (Wildman–Crippen LogP) is 1.97. The molecule has 2 heterocycles. The summed E-state index contributed by atoms with van der Waals surface area (Å²) < 4.78 is 0. The smallest absolute Gasteiger partial charge is 0.0113 e. The molecular weight excluding hydrogens is 258 g/mol. The fourth-order valence-electron chi connectivity index (χ4n) is 3.64. The Morgan fingerprint density at radius 1 is 0.947 bits per heavy atom. The minimum Gasteiger partial charge on any atom is -0.316 e. The van der Waals surface area contributed by atoms with Gasteiger partial charge in [0, 0.05) is 32.2 Å². The van der Waals surface area contributed by atoms with Crippen LogP contribution in [0.3, 0.4) is 0 Å². The lowest BCUT2D eigenvalue weighted by atomic mass is 9.91. The van der Waals surface area contributed by atoms with Gasteiger partial charge >= 0.3 is 0 Å². The van der Waals surface area contributed by atoms with Crippen LogP contribution in [0.25, 0.3) is 0 Å². The third-order valence-corrected chi connectivity index (χ3v) is 5.25. The van der Waals surface area contributed by atoms with E-state index in [2.05, 4.69) is 15.1 Å². The first-order chi connectivity index (χ1) is 8.92. The third kappa shape index (κ3) is 4.32. The number of hydrogen-bond acceptors (Lipinski definition) is 3. The molecule has 1 aliphatic carbocycles. The summed E-state index contributed by atoms with van der Waals surface area (Å²) in [5.41, 5.74) is 0. The van der Waals surface area contributed by atoms with Gasteiger partial charge in [0.25, 0.3) is 0 Å². The maximum atomic E-state index is 3.53. The lowest BCUT2D eigenvalue weighted by Gasteiger charge is -2.43. The van der Waals surface area contributed by atoms with Crippen LogP contribution in [0.5, 0.6) is 0 Å². The van der Waals surface area contributed by atoms with Crippen molar-refractivity contribution in [3.05, 3.63) is 0 Å². The minimum atomic E-state index is 0. The Labute approximate surface area is 124 Å². The molecule has 0 spiro atoms. The zero-order valence-electron chi connectivity index (χ0n) is 12.1. The van der Waals surface area contributed by atoms with E-state index in [-0.39, 0.29) is 12.4 Å². The standard InChI is InChI=1S/C15H29N3.ClH/c1-4-15(5-1)18-11-9-17(10-12-18)8-6-14-3-2-7-16-13-14;/h14-16H,1-13H2;1H. The Morgan fingerprint density at radius 3 is 2.32 bits per heavy atom. The lowest BCUT2D eigenvalue weighted by Crippen LogP contribution is -2.52. The summed E-state index contributed by atoms with van der Waals surface area (Å²) in [4.78, 5) is 5.44. The molecule has 1 unspecified atom stereocenters. The van der Waals surface area contributed by atoms with E-state index in [4.69, 9.17) is 0 Å². The van der Waals surface area contributed by atoms with E-state index in [1.165, 1.54) is 84.3 Å². The van der Waals surface area contributed by atoms with Crippen LogP contribution in [-0.2, 0) is 0 Å². The van der Waals surface area contributed by atoms with E-state index in [0.29, 0.717) is 0 Å². The molecule has 3 nitrogen and oxygen atoms in total. The molecule has 0 amide bonds. The SMILES string of the molecule is C1CNCC(CCN2CCN(C3CCC3)CC2)C1.Cl. The molecule has 0 aromatic carbocycles. The second kappa shape index (κ2) is 7.82. The number of rotatable bonds is 4. The largest absolute Gasteiger partial charge is 0.316 e. The average Bonchev–Trinajstić information content (AvgIpc) is 2.37. The van der Waals surface area contributed by atoms with Crippen molar-refractivity contribution in [3.63, 3.8) is 0 Å². The summed E-state index contributed by atoms with van der Waals surface area (Å²) >= 11 is 0. The van der Waals surface area contributed by atoms with Crippen LogP contribution in [0.2, 0.25) is 0 Å². The molecule has 2 aliphatic heterocycles. The Balaban J connectivity index is 0.00000133. The molecule has 3 rings (SSSR count). The van der Waals surface area contributed by atoms with Crippen molar-refractivity contribution in [1.82, 2.24) is 15.1 Å². The van der Waals surface area contributed by atoms with Gasteiger partial charge in [-0.2, -0.15) is 0 Å². The van der Waals surface area contributed by atoms with Gasteiger partial charge in [-0.15, -0.1) is 12.4 Å². The van der Waals surface area contributed by atoms with E-state index >= 15 is 0 Å². The molecule has 1 N–H and O–H groups in total. The van der Waals surface area contributed by atoms with Crippen molar-refractivity contribution >= 4 is 12.4 Å². The minimum absolute atomic E-state index is 0. The van der Waals surface area contributed by atoms with Gasteiger partial charge in [0.15, 0.2) is 0 Å². The van der Waals surface area contributed by atoms with Gasteiger partial charge in [-0.1, -0.05) is 6.42 Å². The van der Waals surface area contributed by atoms with Crippen molar-refractivity contribution in [2.75, 3.05) is 45.8 Å². The van der Waals surface area contributed by atoms with Crippen LogP contribution in [0.1, 0.15) is 38.5 Å². The summed E-state index contributed by atoms with van der Waals surface area (Å²) in [6, 6.07) is 0.953. The van der Waals surface area contributed by atoms with Crippen LogP contribution in [0, 0.1) is 5.92 Å². The second-order valence-electron chi connectivity index (χ2n) is 6.46. The van der Waals surface area contributed by atoms with E-state index in [1.807, 2.05) is 0 Å². The maximum Gasteiger partial charge on any atom is 0.0113 e. The molecule has 112 valence electrons. The molecule has 4 heteroatoms. The molecule has 0 bridgehead atoms. The highest BCUT2D eigenvalue weighted by molar-refractivity contribution is 5.85. The molecule has 1 saturated carbocycles. The van der Waals surface area contributed by atoms with Crippen molar-refractivity contribution in [3.8, 4) is 0 Å². The summed E-state index contributed by atoms with van der Waals surface area (Å²) in [5.74, 6) is 0.948. The quantitative estimate of drug-likeness (QED) is 0.853. The van der Waals surface area contributed by atoms with E-state index in [9.17, 15) is 0 Å². The first-order valence-corrected chi connectivity index (χ1v) is 8.09. The average molecular weight is 288 g/mol. The van der Waals surface area contributed by atoms with Crippen LogP contribution < -0.4 is 5.32 Å². The zero-order chi connectivity index (χ0) is 12.2. The highest BCUT2D eigenvalue weighted by Crippen LogP contribution is 2.25. The lowest BCUT2D eigenvalue weighted by molar-refractivity contribution is 0.0589. The number of nitrogens with one attached hydrogen (secondary N) is 1. The Kier molecular flexibility index (Phi) is 6.40. The molecule has 3 aliphatic rings. The first kappa shape index (κ1) is 15.6. The molecule has 0 radical (unpaired) electrons. The van der Waals surface area contributed by atoms with Gasteiger partial charge in [0.2, 0.25) is 0 Å². The molecular formula is C15H30ClN3. The van der Waals surface area contributed by atoms with Crippen LogP contribution in [-0.4, -0.2) is 61.7 Å². The van der Waals surface area contributed by atoms with Crippen molar-refractivity contribution in [2.24, 2.45) is 5.92 Å². The first-order valence-electron chi connectivity index (χ1n) is 8.09. The predicted molar refractivity (Wildman–Crippen MR) is 83.1 cm³/mol. The van der Waals surface area contributed by atoms with E-state index in [0.717, 1.165) is 12.0 Å². The normalized spacial score (nSPS) is 30.6. The fourth-order valence-corrected chi connectivity index (χ4v) is 3.64. The van der Waals surface area contributed by atoms with Gasteiger partial charge in [-0.3, -0.25) is 4.90 Å². The van der Waals surface area contributed by atoms with Crippen LogP contribution >= 0.6 is 12.4 Å². The molecule has 0 aromatic heterocycles. The number of nitrogens with zero attached hydrogens (tertiary/aromatic N) is 2. The van der Waals surface area contributed by atoms with Gasteiger partial charge < -0.3 is 10.2 Å². The molecule has 2 saturated heterocycles. The highest BCUT2D eigenvalue weighted by Gasteiger charge is 2.27. The third-order valence-electron chi connectivity index (χ3n) is 5.25. The topological polar surface area (TPSA) is 18.5 Å². The van der Waals surface area contributed by atoms with E-state index < -0.39 is 0 Å². The van der Waals surface area contributed by atoms with Gasteiger partial charge in [-0.25, -0.2) is 0 Å². The van der Waals surface area contributed by atoms with Crippen molar-refractivity contribution < 1.29 is 0 Å². The monoisotopic (exact) mass is 287 g/mol. The number of piperidine rings is 1. The fraction of sp³-hybridized carbons (Fsp3) is 1.00. The Morgan fingerprint density at radius 2 is 1.74 bits per heavy atom. The second-order valence-corrected chi connectivity index (χ2v) is 6.46. The maximum absolute atomic E-state index is 3.53. The summed E-state index contributed by atoms with van der Waals surface area (Å²) in [7, 11) is 0. The number of hydrogen-bond donors (Lipinski definition) is 1. The van der Waals surface area contributed by atoms with Gasteiger partial charge in [0.05, 0.1) is 0 Å². The molecule has 3 fully saturated rings. The summed E-state index contributed by atoms with van der Waals surface area (Å²) in [6.07, 6.45) is 8.66. The molecule has 1 atom stereocenters. The summed E-state index contributed by atoms with van der Waals surface area (Å²) in [5, 5.41) is 3.53. The molecule has 19 heavy (non-hydrogen) atoms. The van der Waals surface area contributed by atoms with Gasteiger partial charge in [0.1, 0.15) is 0 Å². The Hall–Kier alpha value is 0.170. The highest BCUT2D eigenvalue weighted by atomic mass is 35.5. The van der Waals surface area contributed by atoms with E-state index in [1.54, 1.807) is 0 Å². The molecule has 0 aromatic rings. The van der Waals surface area contributed by atoms with Crippen LogP contribution in [0.15, 0.2) is 0 Å².